The molecule has 2 aromatic rings. The summed E-state index contributed by atoms with van der Waals surface area (Å²) in [5.41, 5.74) is 1.24. The molecule has 0 spiro atoms. The van der Waals surface area contributed by atoms with E-state index in [4.69, 9.17) is 11.6 Å². The first kappa shape index (κ1) is 8.97. The SMILES string of the molecule is Clc1cc2cccc(CBr)c2cn1. The molecule has 0 amide bonds. The van der Waals surface area contributed by atoms with Crippen LogP contribution in [0.2, 0.25) is 5.15 Å². The molecule has 1 nitrogen and oxygen atoms in total. The van der Waals surface area contributed by atoms with Crippen molar-refractivity contribution in [1.29, 1.82) is 0 Å². The Kier molecular flexibility index (Phi) is 2.51. The maximum atomic E-state index is 5.79. The van der Waals surface area contributed by atoms with Crippen molar-refractivity contribution in [1.82, 2.24) is 4.98 Å². The zero-order valence-corrected chi connectivity index (χ0v) is 9.14. The Labute approximate surface area is 89.9 Å². The molecule has 0 aliphatic rings. The van der Waals surface area contributed by atoms with Crippen molar-refractivity contribution >= 4 is 38.3 Å². The number of rotatable bonds is 1. The highest BCUT2D eigenvalue weighted by Gasteiger charge is 1.99. The lowest BCUT2D eigenvalue weighted by Crippen LogP contribution is -1.83. The van der Waals surface area contributed by atoms with Crippen LogP contribution in [0.1, 0.15) is 5.56 Å². The molecule has 0 bridgehead atoms. The molecule has 2 rings (SSSR count). The van der Waals surface area contributed by atoms with Crippen molar-refractivity contribution in [3.8, 4) is 0 Å². The van der Waals surface area contributed by atoms with Crippen LogP contribution in [0.25, 0.3) is 10.8 Å². The largest absolute Gasteiger partial charge is 0.244 e. The van der Waals surface area contributed by atoms with E-state index in [2.05, 4.69) is 27.0 Å². The van der Waals surface area contributed by atoms with Crippen molar-refractivity contribution in [2.45, 2.75) is 5.33 Å². The lowest BCUT2D eigenvalue weighted by atomic mass is 10.1. The lowest BCUT2D eigenvalue weighted by Gasteiger charge is -2.02. The van der Waals surface area contributed by atoms with Crippen LogP contribution in [-0.4, -0.2) is 4.98 Å². The summed E-state index contributed by atoms with van der Waals surface area (Å²) in [6.45, 7) is 0. The fourth-order valence-electron chi connectivity index (χ4n) is 1.32. The summed E-state index contributed by atoms with van der Waals surface area (Å²) < 4.78 is 0. The Morgan fingerprint density at radius 3 is 3.00 bits per heavy atom. The van der Waals surface area contributed by atoms with Crippen LogP contribution in [0.3, 0.4) is 0 Å². The van der Waals surface area contributed by atoms with Crippen LogP contribution in [-0.2, 0) is 5.33 Å². The van der Waals surface area contributed by atoms with Crippen LogP contribution >= 0.6 is 27.5 Å². The predicted octanol–water partition coefficient (Wildman–Crippen LogP) is 3.78. The molecular formula is C10H7BrClN. The third kappa shape index (κ3) is 1.69. The van der Waals surface area contributed by atoms with Crippen molar-refractivity contribution in [3.05, 3.63) is 41.2 Å². The highest BCUT2D eigenvalue weighted by Crippen LogP contribution is 2.21. The van der Waals surface area contributed by atoms with Gasteiger partial charge in [-0.25, -0.2) is 4.98 Å². The summed E-state index contributed by atoms with van der Waals surface area (Å²) in [5, 5.41) is 3.67. The van der Waals surface area contributed by atoms with Gasteiger partial charge in [0.1, 0.15) is 5.15 Å². The Balaban J connectivity index is 2.77. The van der Waals surface area contributed by atoms with Crippen LogP contribution in [0.4, 0.5) is 0 Å². The number of hydrogen-bond acceptors (Lipinski definition) is 1. The number of benzene rings is 1. The first-order chi connectivity index (χ1) is 6.31. The first-order valence-electron chi connectivity index (χ1n) is 3.90. The molecule has 0 aliphatic carbocycles. The molecular weight excluding hydrogens is 249 g/mol. The molecule has 0 atom stereocenters. The number of aromatic nitrogens is 1. The van der Waals surface area contributed by atoms with Crippen LogP contribution in [0, 0.1) is 0 Å². The molecule has 0 aliphatic heterocycles. The molecule has 66 valence electrons. The van der Waals surface area contributed by atoms with E-state index in [0.717, 1.165) is 16.1 Å². The second-order valence-corrected chi connectivity index (χ2v) is 3.73. The molecule has 0 saturated carbocycles. The number of alkyl halides is 1. The third-order valence-electron chi connectivity index (χ3n) is 1.97. The van der Waals surface area contributed by atoms with Gasteiger partial charge in [-0.3, -0.25) is 0 Å². The number of halogens is 2. The summed E-state index contributed by atoms with van der Waals surface area (Å²) >= 11 is 9.23. The molecule has 0 unspecified atom stereocenters. The average molecular weight is 257 g/mol. The van der Waals surface area contributed by atoms with Crippen LogP contribution in [0.15, 0.2) is 30.5 Å². The number of fused-ring (bicyclic) bond motifs is 1. The van der Waals surface area contributed by atoms with E-state index >= 15 is 0 Å². The van der Waals surface area contributed by atoms with Crippen LogP contribution < -0.4 is 0 Å². The second kappa shape index (κ2) is 3.64. The van der Waals surface area contributed by atoms with Gasteiger partial charge in [-0.1, -0.05) is 45.7 Å². The smallest absolute Gasteiger partial charge is 0.129 e. The number of hydrogen-bond donors (Lipinski definition) is 0. The van der Waals surface area contributed by atoms with Gasteiger partial charge < -0.3 is 0 Å². The maximum Gasteiger partial charge on any atom is 0.129 e. The fraction of sp³-hybridized carbons (Fsp3) is 0.100. The summed E-state index contributed by atoms with van der Waals surface area (Å²) in [6.07, 6.45) is 1.81. The van der Waals surface area contributed by atoms with E-state index in [0.29, 0.717) is 5.15 Å². The number of nitrogens with zero attached hydrogens (tertiary/aromatic N) is 1. The molecule has 1 aromatic carbocycles. The van der Waals surface area contributed by atoms with Crippen LogP contribution in [0.5, 0.6) is 0 Å². The molecule has 3 heteroatoms. The first-order valence-corrected chi connectivity index (χ1v) is 5.40. The topological polar surface area (TPSA) is 12.9 Å². The van der Waals surface area contributed by atoms with Gasteiger partial charge in [0.15, 0.2) is 0 Å². The summed E-state index contributed by atoms with van der Waals surface area (Å²) in [6, 6.07) is 8.01. The molecule has 0 N–H and O–H groups in total. The van der Waals surface area contributed by atoms with Crippen molar-refractivity contribution in [2.24, 2.45) is 0 Å². The van der Waals surface area contributed by atoms with Gasteiger partial charge in [-0.2, -0.15) is 0 Å². The highest BCUT2D eigenvalue weighted by molar-refractivity contribution is 9.08. The van der Waals surface area contributed by atoms with E-state index in [1.807, 2.05) is 24.4 Å². The van der Waals surface area contributed by atoms with Gasteiger partial charge in [0, 0.05) is 16.9 Å². The maximum absolute atomic E-state index is 5.79. The van der Waals surface area contributed by atoms with E-state index in [1.54, 1.807) is 0 Å². The van der Waals surface area contributed by atoms with E-state index < -0.39 is 0 Å². The minimum Gasteiger partial charge on any atom is -0.244 e. The monoisotopic (exact) mass is 255 g/mol. The number of pyridine rings is 1. The molecule has 0 saturated heterocycles. The van der Waals surface area contributed by atoms with Crippen molar-refractivity contribution < 1.29 is 0 Å². The highest BCUT2D eigenvalue weighted by atomic mass is 79.9. The normalized spacial score (nSPS) is 10.6. The zero-order valence-electron chi connectivity index (χ0n) is 6.80. The lowest BCUT2D eigenvalue weighted by molar-refractivity contribution is 1.35. The second-order valence-electron chi connectivity index (χ2n) is 2.78. The van der Waals surface area contributed by atoms with Gasteiger partial charge in [0.05, 0.1) is 0 Å². The Bertz CT molecular complexity index is 442. The van der Waals surface area contributed by atoms with Gasteiger partial charge in [-0.05, 0) is 17.0 Å². The minimum atomic E-state index is 0.541. The summed E-state index contributed by atoms with van der Waals surface area (Å²) in [7, 11) is 0. The van der Waals surface area contributed by atoms with E-state index in [9.17, 15) is 0 Å². The Hall–Kier alpha value is -0.600. The molecule has 1 aromatic heterocycles. The molecule has 1 heterocycles. The standard InChI is InChI=1S/C10H7BrClN/c11-5-8-3-1-2-7-4-10(12)13-6-9(7)8/h1-4,6H,5H2. The summed E-state index contributed by atoms with van der Waals surface area (Å²) in [5.74, 6) is 0. The average Bonchev–Trinajstić information content (AvgIpc) is 2.16. The predicted molar refractivity (Wildman–Crippen MR) is 59.4 cm³/mol. The van der Waals surface area contributed by atoms with Crippen molar-refractivity contribution in [2.75, 3.05) is 0 Å². The van der Waals surface area contributed by atoms with Gasteiger partial charge >= 0.3 is 0 Å². The fourth-order valence-corrected chi connectivity index (χ4v) is 1.98. The Morgan fingerprint density at radius 1 is 1.38 bits per heavy atom. The van der Waals surface area contributed by atoms with Crippen molar-refractivity contribution in [3.63, 3.8) is 0 Å². The van der Waals surface area contributed by atoms with E-state index in [1.165, 1.54) is 5.56 Å². The Morgan fingerprint density at radius 2 is 2.23 bits per heavy atom. The minimum absolute atomic E-state index is 0.541. The van der Waals surface area contributed by atoms with E-state index in [-0.39, 0.29) is 0 Å². The molecule has 0 radical (unpaired) electrons. The van der Waals surface area contributed by atoms with Gasteiger partial charge in [0.2, 0.25) is 0 Å². The molecule has 0 fully saturated rings. The zero-order chi connectivity index (χ0) is 9.26. The third-order valence-corrected chi connectivity index (χ3v) is 2.78. The summed E-state index contributed by atoms with van der Waals surface area (Å²) in [4.78, 5) is 4.06. The van der Waals surface area contributed by atoms with Gasteiger partial charge in [0.25, 0.3) is 0 Å². The molecule has 13 heavy (non-hydrogen) atoms. The quantitative estimate of drug-likeness (QED) is 0.559. The van der Waals surface area contributed by atoms with Gasteiger partial charge in [-0.15, -0.1) is 0 Å².